The number of hydrogen-bond acceptors (Lipinski definition) is 2. The first-order valence-corrected chi connectivity index (χ1v) is 5.13. The van der Waals surface area contributed by atoms with E-state index in [1.54, 1.807) is 12.1 Å². The van der Waals surface area contributed by atoms with E-state index in [-0.39, 0.29) is 0 Å². The van der Waals surface area contributed by atoms with Crippen LogP contribution in [0.5, 0.6) is 0 Å². The summed E-state index contributed by atoms with van der Waals surface area (Å²) >= 11 is 0. The van der Waals surface area contributed by atoms with Crippen molar-refractivity contribution < 1.29 is 14.7 Å². The van der Waals surface area contributed by atoms with Gasteiger partial charge in [0.05, 0.1) is 0 Å². The van der Waals surface area contributed by atoms with E-state index in [4.69, 9.17) is 5.11 Å². The van der Waals surface area contributed by atoms with Crippen molar-refractivity contribution in [1.82, 2.24) is 5.32 Å². The number of carboxylic acids is 1. The minimum atomic E-state index is -1.08. The molecule has 0 heterocycles. The summed E-state index contributed by atoms with van der Waals surface area (Å²) < 4.78 is 0. The van der Waals surface area contributed by atoms with Crippen LogP contribution in [0.1, 0.15) is 11.6 Å². The van der Waals surface area contributed by atoms with E-state index < -0.39 is 12.0 Å². The summed E-state index contributed by atoms with van der Waals surface area (Å²) in [5.74, 6) is -1.08. The van der Waals surface area contributed by atoms with Crippen molar-refractivity contribution in [1.29, 1.82) is 0 Å². The van der Waals surface area contributed by atoms with Crippen LogP contribution in [0.4, 0.5) is 0 Å². The Morgan fingerprint density at radius 2 is 1.88 bits per heavy atom. The largest absolute Gasteiger partial charge is 0.479 e. The molecule has 0 aliphatic carbocycles. The lowest BCUT2D eigenvalue weighted by atomic mass is 10.0. The normalized spacial score (nSPS) is 12.0. The Labute approximate surface area is 97.9 Å². The first-order chi connectivity index (χ1) is 8.22. The number of carboxylic acid groups (broad SMARTS) is 1. The molecule has 4 heteroatoms. The minimum Gasteiger partial charge on any atom is -0.479 e. The van der Waals surface area contributed by atoms with Gasteiger partial charge in [0.15, 0.2) is 6.04 Å². The third-order valence-corrected chi connectivity index (χ3v) is 2.59. The van der Waals surface area contributed by atoms with E-state index in [1.807, 2.05) is 30.3 Å². The molecule has 17 heavy (non-hydrogen) atoms. The van der Waals surface area contributed by atoms with Gasteiger partial charge < -0.3 is 10.4 Å². The van der Waals surface area contributed by atoms with Gasteiger partial charge in [0, 0.05) is 0 Å². The molecule has 0 radical (unpaired) electrons. The fraction of sp³-hybridized carbons (Fsp3) is 0.0769. The first-order valence-electron chi connectivity index (χ1n) is 5.13. The molecule has 0 fully saturated rings. The number of nitrogens with one attached hydrogen (secondary N) is 1. The summed E-state index contributed by atoms with van der Waals surface area (Å²) in [6.45, 7) is 0. The Bertz CT molecular complexity index is 565. The molecule has 1 atom stereocenters. The number of fused-ring (bicyclic) bond motifs is 1. The zero-order valence-electron chi connectivity index (χ0n) is 8.96. The van der Waals surface area contributed by atoms with Gasteiger partial charge in [0.25, 0.3) is 0 Å². The number of rotatable bonds is 4. The van der Waals surface area contributed by atoms with E-state index in [1.165, 1.54) is 0 Å². The van der Waals surface area contributed by atoms with Gasteiger partial charge in [-0.25, -0.2) is 4.79 Å². The summed E-state index contributed by atoms with van der Waals surface area (Å²) in [6, 6.07) is 12.0. The maximum atomic E-state index is 11.0. The number of aliphatic carboxylic acids is 1. The van der Waals surface area contributed by atoms with Crippen molar-refractivity contribution in [3.05, 3.63) is 48.0 Å². The Morgan fingerprint density at radius 3 is 2.53 bits per heavy atom. The quantitative estimate of drug-likeness (QED) is 0.784. The van der Waals surface area contributed by atoms with Crippen molar-refractivity contribution in [2.45, 2.75) is 6.04 Å². The van der Waals surface area contributed by atoms with Gasteiger partial charge in [-0.05, 0) is 22.4 Å². The van der Waals surface area contributed by atoms with Gasteiger partial charge in [0.1, 0.15) is 0 Å². The second-order valence-corrected chi connectivity index (χ2v) is 3.66. The lowest BCUT2D eigenvalue weighted by Crippen LogP contribution is -2.27. The molecule has 2 aromatic rings. The molecule has 0 saturated carbocycles. The zero-order chi connectivity index (χ0) is 12.3. The summed E-state index contributed by atoms with van der Waals surface area (Å²) in [6.07, 6.45) is 0.397. The van der Waals surface area contributed by atoms with Crippen LogP contribution in [0.25, 0.3) is 10.8 Å². The molecule has 1 unspecified atom stereocenters. The van der Waals surface area contributed by atoms with Crippen LogP contribution >= 0.6 is 0 Å². The van der Waals surface area contributed by atoms with Crippen molar-refractivity contribution in [2.24, 2.45) is 0 Å². The number of benzene rings is 2. The van der Waals surface area contributed by atoms with Crippen LogP contribution in [-0.4, -0.2) is 17.5 Å². The van der Waals surface area contributed by atoms with Gasteiger partial charge in [-0.3, -0.25) is 4.79 Å². The third kappa shape index (κ3) is 2.25. The summed E-state index contributed by atoms with van der Waals surface area (Å²) in [5, 5.41) is 13.3. The highest BCUT2D eigenvalue weighted by Gasteiger charge is 2.18. The Hall–Kier alpha value is -2.36. The molecule has 86 valence electrons. The van der Waals surface area contributed by atoms with E-state index in [0.29, 0.717) is 12.0 Å². The highest BCUT2D eigenvalue weighted by Crippen LogP contribution is 2.20. The summed E-state index contributed by atoms with van der Waals surface area (Å²) in [5.41, 5.74) is 0.559. The maximum Gasteiger partial charge on any atom is 0.330 e. The Balaban J connectivity index is 2.46. The van der Waals surface area contributed by atoms with Crippen molar-refractivity contribution in [3.63, 3.8) is 0 Å². The number of amides is 1. The molecular weight excluding hydrogens is 218 g/mol. The molecule has 0 saturated heterocycles. The minimum absolute atomic E-state index is 0.397. The fourth-order valence-electron chi connectivity index (χ4n) is 1.77. The van der Waals surface area contributed by atoms with E-state index in [2.05, 4.69) is 5.32 Å². The van der Waals surface area contributed by atoms with Crippen molar-refractivity contribution >= 4 is 23.2 Å². The smallest absolute Gasteiger partial charge is 0.330 e. The Kier molecular flexibility index (Phi) is 3.05. The van der Waals surface area contributed by atoms with E-state index in [9.17, 15) is 9.59 Å². The molecule has 0 aliphatic rings. The number of carbonyl (C=O) groups is 2. The second-order valence-electron chi connectivity index (χ2n) is 3.66. The highest BCUT2D eigenvalue weighted by atomic mass is 16.4. The lowest BCUT2D eigenvalue weighted by Gasteiger charge is -2.12. The average Bonchev–Trinajstić information content (AvgIpc) is 2.35. The van der Waals surface area contributed by atoms with E-state index >= 15 is 0 Å². The summed E-state index contributed by atoms with van der Waals surface area (Å²) in [4.78, 5) is 21.4. The standard InChI is InChI=1S/C13H11NO3/c15-8-14-12(13(16)17)11-6-5-9-3-1-2-4-10(9)7-11/h1-8,12H,(H,14,15)(H,16,17). The molecule has 0 bridgehead atoms. The zero-order valence-corrected chi connectivity index (χ0v) is 8.96. The van der Waals surface area contributed by atoms with E-state index in [0.717, 1.165) is 10.8 Å². The average molecular weight is 229 g/mol. The monoisotopic (exact) mass is 229 g/mol. The van der Waals surface area contributed by atoms with Crippen molar-refractivity contribution in [2.75, 3.05) is 0 Å². The molecule has 2 rings (SSSR count). The van der Waals surface area contributed by atoms with Gasteiger partial charge in [0.2, 0.25) is 6.41 Å². The van der Waals surface area contributed by atoms with Crippen LogP contribution in [0.3, 0.4) is 0 Å². The predicted molar refractivity (Wildman–Crippen MR) is 63.5 cm³/mol. The topological polar surface area (TPSA) is 66.4 Å². The second kappa shape index (κ2) is 4.65. The number of hydrogen-bond donors (Lipinski definition) is 2. The lowest BCUT2D eigenvalue weighted by molar-refractivity contribution is -0.140. The van der Waals surface area contributed by atoms with Crippen LogP contribution in [0.2, 0.25) is 0 Å². The number of carbonyl (C=O) groups excluding carboxylic acids is 1. The fourth-order valence-corrected chi connectivity index (χ4v) is 1.77. The molecule has 4 nitrogen and oxygen atoms in total. The van der Waals surface area contributed by atoms with Crippen LogP contribution in [0, 0.1) is 0 Å². The predicted octanol–water partition coefficient (Wildman–Crippen LogP) is 1.71. The molecule has 1 amide bonds. The molecule has 2 aromatic carbocycles. The first kappa shape index (κ1) is 11.1. The van der Waals surface area contributed by atoms with Gasteiger partial charge >= 0.3 is 5.97 Å². The van der Waals surface area contributed by atoms with Crippen molar-refractivity contribution in [3.8, 4) is 0 Å². The molecule has 0 aliphatic heterocycles. The Morgan fingerprint density at radius 1 is 1.18 bits per heavy atom. The molecule has 0 aromatic heterocycles. The van der Waals surface area contributed by atoms with Crippen LogP contribution in [0.15, 0.2) is 42.5 Å². The van der Waals surface area contributed by atoms with Crippen LogP contribution < -0.4 is 5.32 Å². The highest BCUT2D eigenvalue weighted by molar-refractivity contribution is 5.85. The third-order valence-electron chi connectivity index (χ3n) is 2.59. The SMILES string of the molecule is O=CNC(C(=O)O)c1ccc2ccccc2c1. The van der Waals surface area contributed by atoms with Gasteiger partial charge in [-0.2, -0.15) is 0 Å². The molecule has 2 N–H and O–H groups in total. The van der Waals surface area contributed by atoms with Gasteiger partial charge in [-0.1, -0.05) is 36.4 Å². The summed E-state index contributed by atoms with van der Waals surface area (Å²) in [7, 11) is 0. The molecular formula is C13H11NO3. The van der Waals surface area contributed by atoms with Crippen LogP contribution in [-0.2, 0) is 9.59 Å². The molecule has 0 spiro atoms. The maximum absolute atomic E-state index is 11.0. The van der Waals surface area contributed by atoms with Gasteiger partial charge in [-0.15, -0.1) is 0 Å².